The molecule has 1 rings (SSSR count). The van der Waals surface area contributed by atoms with Crippen LogP contribution >= 0.6 is 0 Å². The predicted molar refractivity (Wildman–Crippen MR) is 68.0 cm³/mol. The molecule has 1 aromatic carbocycles. The van der Waals surface area contributed by atoms with E-state index < -0.39 is 0 Å². The molecule has 0 aromatic heterocycles. The molecule has 0 saturated heterocycles. The van der Waals surface area contributed by atoms with Gasteiger partial charge in [-0.3, -0.25) is 4.79 Å². The lowest BCUT2D eigenvalue weighted by Crippen LogP contribution is -2.42. The molecule has 0 aliphatic heterocycles. The molecule has 4 nitrogen and oxygen atoms in total. The molecule has 94 valence electrons. The number of rotatable bonds is 6. The Morgan fingerprint density at radius 1 is 1.35 bits per heavy atom. The van der Waals surface area contributed by atoms with E-state index in [1.54, 1.807) is 0 Å². The van der Waals surface area contributed by atoms with Crippen LogP contribution in [0, 0.1) is 0 Å². The number of nitrogens with two attached hydrogens (primary N) is 1. The van der Waals surface area contributed by atoms with Crippen molar-refractivity contribution in [2.75, 3.05) is 13.7 Å². The van der Waals surface area contributed by atoms with Gasteiger partial charge in [-0.2, -0.15) is 0 Å². The van der Waals surface area contributed by atoms with Crippen LogP contribution in [0.3, 0.4) is 0 Å². The van der Waals surface area contributed by atoms with Gasteiger partial charge in [0.1, 0.15) is 12.4 Å². The summed E-state index contributed by atoms with van der Waals surface area (Å²) >= 11 is 0. The van der Waals surface area contributed by atoms with Gasteiger partial charge in [0, 0.05) is 5.54 Å². The Morgan fingerprint density at radius 3 is 2.41 bits per heavy atom. The highest BCUT2D eigenvalue weighted by atomic mass is 16.5. The van der Waals surface area contributed by atoms with Gasteiger partial charge in [0.15, 0.2) is 0 Å². The molecule has 0 saturated carbocycles. The second kappa shape index (κ2) is 5.68. The second-order valence-corrected chi connectivity index (χ2v) is 4.71. The van der Waals surface area contributed by atoms with E-state index in [2.05, 4.69) is 19.2 Å². The van der Waals surface area contributed by atoms with Crippen LogP contribution in [-0.2, 0) is 11.2 Å². The Kier molecular flexibility index (Phi) is 4.52. The van der Waals surface area contributed by atoms with Crippen molar-refractivity contribution in [3.8, 4) is 5.75 Å². The van der Waals surface area contributed by atoms with E-state index in [1.807, 2.05) is 31.3 Å². The van der Waals surface area contributed by atoms with E-state index in [4.69, 9.17) is 10.5 Å². The molecular weight excluding hydrogens is 216 g/mol. The smallest absolute Gasteiger partial charge is 0.221 e. The highest BCUT2D eigenvalue weighted by Gasteiger charge is 2.15. The third-order valence-corrected chi connectivity index (χ3v) is 2.58. The molecule has 0 atom stereocenters. The van der Waals surface area contributed by atoms with Crippen LogP contribution in [0.2, 0.25) is 0 Å². The number of primary amides is 1. The van der Waals surface area contributed by atoms with E-state index in [0.29, 0.717) is 6.61 Å². The molecule has 1 amide bonds. The average molecular weight is 236 g/mol. The number of amides is 1. The number of ether oxygens (including phenoxy) is 1. The molecule has 0 heterocycles. The van der Waals surface area contributed by atoms with Crippen LogP contribution in [0.25, 0.3) is 0 Å². The molecule has 0 fully saturated rings. The maximum absolute atomic E-state index is 10.7. The van der Waals surface area contributed by atoms with Crippen molar-refractivity contribution in [1.82, 2.24) is 5.32 Å². The topological polar surface area (TPSA) is 64.3 Å². The Labute approximate surface area is 102 Å². The standard InChI is InChI=1S/C13H20N2O2/c1-13(2,15-3)9-17-11-6-4-10(5-7-11)8-12(14)16/h4-7,15H,8-9H2,1-3H3,(H2,14,16). The fourth-order valence-corrected chi connectivity index (χ4v) is 1.24. The summed E-state index contributed by atoms with van der Waals surface area (Å²) in [6, 6.07) is 7.41. The Hall–Kier alpha value is -1.55. The summed E-state index contributed by atoms with van der Waals surface area (Å²) in [6.45, 7) is 4.71. The summed E-state index contributed by atoms with van der Waals surface area (Å²) in [5, 5.41) is 3.16. The molecule has 0 bridgehead atoms. The average Bonchev–Trinajstić information content (AvgIpc) is 2.28. The summed E-state index contributed by atoms with van der Waals surface area (Å²) in [5.74, 6) is 0.469. The molecular formula is C13H20N2O2. The van der Waals surface area contributed by atoms with Crippen LogP contribution in [0.4, 0.5) is 0 Å². The van der Waals surface area contributed by atoms with Crippen molar-refractivity contribution < 1.29 is 9.53 Å². The normalized spacial score (nSPS) is 11.2. The number of benzene rings is 1. The molecule has 1 aromatic rings. The van der Waals surface area contributed by atoms with Gasteiger partial charge in [-0.1, -0.05) is 12.1 Å². The van der Waals surface area contributed by atoms with Crippen LogP contribution in [0.5, 0.6) is 5.75 Å². The second-order valence-electron chi connectivity index (χ2n) is 4.71. The van der Waals surface area contributed by atoms with E-state index in [9.17, 15) is 4.79 Å². The van der Waals surface area contributed by atoms with E-state index in [0.717, 1.165) is 11.3 Å². The highest BCUT2D eigenvalue weighted by molar-refractivity contribution is 5.76. The molecule has 0 unspecified atom stereocenters. The highest BCUT2D eigenvalue weighted by Crippen LogP contribution is 2.14. The summed E-state index contributed by atoms with van der Waals surface area (Å²) in [6.07, 6.45) is 0.266. The van der Waals surface area contributed by atoms with Crippen LogP contribution in [-0.4, -0.2) is 25.1 Å². The fraction of sp³-hybridized carbons (Fsp3) is 0.462. The fourth-order valence-electron chi connectivity index (χ4n) is 1.24. The first-order valence-corrected chi connectivity index (χ1v) is 5.62. The van der Waals surface area contributed by atoms with Crippen molar-refractivity contribution in [2.24, 2.45) is 5.73 Å². The number of nitrogens with one attached hydrogen (secondary N) is 1. The van der Waals surface area contributed by atoms with Crippen molar-refractivity contribution in [3.63, 3.8) is 0 Å². The number of likely N-dealkylation sites (N-methyl/N-ethyl adjacent to an activating group) is 1. The van der Waals surface area contributed by atoms with Gasteiger partial charge in [-0.25, -0.2) is 0 Å². The monoisotopic (exact) mass is 236 g/mol. The molecule has 4 heteroatoms. The summed E-state index contributed by atoms with van der Waals surface area (Å²) in [5.41, 5.74) is 5.95. The van der Waals surface area contributed by atoms with Gasteiger partial charge < -0.3 is 15.8 Å². The lowest BCUT2D eigenvalue weighted by molar-refractivity contribution is -0.117. The molecule has 17 heavy (non-hydrogen) atoms. The number of carbonyl (C=O) groups excluding carboxylic acids is 1. The molecule has 0 spiro atoms. The number of carbonyl (C=O) groups is 1. The van der Waals surface area contributed by atoms with E-state index >= 15 is 0 Å². The third-order valence-electron chi connectivity index (χ3n) is 2.58. The first kappa shape index (κ1) is 13.5. The van der Waals surface area contributed by atoms with E-state index in [-0.39, 0.29) is 17.9 Å². The summed E-state index contributed by atoms with van der Waals surface area (Å²) < 4.78 is 5.64. The van der Waals surface area contributed by atoms with Crippen molar-refractivity contribution in [1.29, 1.82) is 0 Å². The Bertz CT molecular complexity index is 372. The zero-order valence-electron chi connectivity index (χ0n) is 10.6. The molecule has 0 aliphatic rings. The minimum atomic E-state index is -0.324. The van der Waals surface area contributed by atoms with Crippen molar-refractivity contribution >= 4 is 5.91 Å². The third kappa shape index (κ3) is 4.87. The lowest BCUT2D eigenvalue weighted by Gasteiger charge is -2.24. The summed E-state index contributed by atoms with van der Waals surface area (Å²) in [4.78, 5) is 10.7. The Morgan fingerprint density at radius 2 is 1.94 bits per heavy atom. The largest absolute Gasteiger partial charge is 0.492 e. The van der Waals surface area contributed by atoms with E-state index in [1.165, 1.54) is 0 Å². The minimum Gasteiger partial charge on any atom is -0.492 e. The number of hydrogen-bond donors (Lipinski definition) is 2. The molecule has 0 radical (unpaired) electrons. The molecule has 3 N–H and O–H groups in total. The van der Waals surface area contributed by atoms with Crippen LogP contribution in [0.1, 0.15) is 19.4 Å². The van der Waals surface area contributed by atoms with Crippen LogP contribution < -0.4 is 15.8 Å². The maximum Gasteiger partial charge on any atom is 0.221 e. The first-order valence-electron chi connectivity index (χ1n) is 5.62. The minimum absolute atomic E-state index is 0.0636. The maximum atomic E-state index is 10.7. The quantitative estimate of drug-likeness (QED) is 0.777. The van der Waals surface area contributed by atoms with Gasteiger partial charge in [-0.05, 0) is 38.6 Å². The van der Waals surface area contributed by atoms with Gasteiger partial charge in [0.25, 0.3) is 0 Å². The predicted octanol–water partition coefficient (Wildman–Crippen LogP) is 1.09. The van der Waals surface area contributed by atoms with Gasteiger partial charge >= 0.3 is 0 Å². The van der Waals surface area contributed by atoms with Gasteiger partial charge in [0.05, 0.1) is 6.42 Å². The molecule has 0 aliphatic carbocycles. The van der Waals surface area contributed by atoms with Gasteiger partial charge in [-0.15, -0.1) is 0 Å². The lowest BCUT2D eigenvalue weighted by atomic mass is 10.1. The van der Waals surface area contributed by atoms with Crippen molar-refractivity contribution in [2.45, 2.75) is 25.8 Å². The van der Waals surface area contributed by atoms with Gasteiger partial charge in [0.2, 0.25) is 5.91 Å². The Balaban J connectivity index is 2.54. The van der Waals surface area contributed by atoms with Crippen LogP contribution in [0.15, 0.2) is 24.3 Å². The first-order chi connectivity index (χ1) is 7.93. The van der Waals surface area contributed by atoms with Crippen molar-refractivity contribution in [3.05, 3.63) is 29.8 Å². The SMILES string of the molecule is CNC(C)(C)COc1ccc(CC(N)=O)cc1. The number of hydrogen-bond acceptors (Lipinski definition) is 3. The zero-order valence-corrected chi connectivity index (χ0v) is 10.6. The summed E-state index contributed by atoms with van der Waals surface area (Å²) in [7, 11) is 1.90. The zero-order chi connectivity index (χ0) is 12.9.